The van der Waals surface area contributed by atoms with Crippen LogP contribution in [0, 0.1) is 4.77 Å². The van der Waals surface area contributed by atoms with Crippen LogP contribution in [0.4, 0.5) is 0 Å². The van der Waals surface area contributed by atoms with Crippen molar-refractivity contribution in [1.29, 1.82) is 0 Å². The van der Waals surface area contributed by atoms with Gasteiger partial charge in [-0.1, -0.05) is 18.2 Å². The molecule has 0 aliphatic carbocycles. The molecule has 3 rings (SSSR count). The Balaban J connectivity index is 1.89. The summed E-state index contributed by atoms with van der Waals surface area (Å²) in [6.07, 6.45) is 1.88. The molecule has 0 saturated carbocycles. The predicted molar refractivity (Wildman–Crippen MR) is 95.9 cm³/mol. The summed E-state index contributed by atoms with van der Waals surface area (Å²) in [5.74, 6) is 1.52. The number of ether oxygens (including phenoxy) is 1. The molecule has 2 heterocycles. The first-order chi connectivity index (χ1) is 11.1. The highest BCUT2D eigenvalue weighted by atomic mass is 32.1. The summed E-state index contributed by atoms with van der Waals surface area (Å²) in [4.78, 5) is 1.01. The summed E-state index contributed by atoms with van der Waals surface area (Å²) in [5.41, 5.74) is 0.934. The van der Waals surface area contributed by atoms with Gasteiger partial charge in [0.15, 0.2) is 5.82 Å². The second kappa shape index (κ2) is 6.89. The summed E-state index contributed by atoms with van der Waals surface area (Å²) in [7, 11) is 0. The molecule has 0 aliphatic heterocycles. The van der Waals surface area contributed by atoms with Crippen LogP contribution in [0.15, 0.2) is 46.9 Å². The number of rotatable bonds is 5. The molecule has 1 N–H and O–H groups in total. The highest BCUT2D eigenvalue weighted by Gasteiger charge is 2.08. The van der Waals surface area contributed by atoms with Gasteiger partial charge in [0, 0.05) is 0 Å². The van der Waals surface area contributed by atoms with Crippen LogP contribution in [0.5, 0.6) is 5.75 Å². The smallest absolute Gasteiger partial charge is 0.216 e. The molecule has 0 radical (unpaired) electrons. The Kier molecular flexibility index (Phi) is 4.68. The van der Waals surface area contributed by atoms with Gasteiger partial charge < -0.3 is 4.74 Å². The number of thiophene rings is 1. The molecule has 7 heteroatoms. The van der Waals surface area contributed by atoms with E-state index in [4.69, 9.17) is 17.0 Å². The minimum atomic E-state index is 0.134. The minimum Gasteiger partial charge on any atom is -0.491 e. The van der Waals surface area contributed by atoms with Crippen LogP contribution in [0.25, 0.3) is 10.7 Å². The molecule has 5 nitrogen and oxygen atoms in total. The third-order valence-corrected chi connectivity index (χ3v) is 4.07. The van der Waals surface area contributed by atoms with Gasteiger partial charge in [0.2, 0.25) is 4.77 Å². The summed E-state index contributed by atoms with van der Waals surface area (Å²) < 4.78 is 7.77. The first kappa shape index (κ1) is 15.6. The van der Waals surface area contributed by atoms with E-state index in [1.165, 1.54) is 0 Å². The zero-order valence-corrected chi connectivity index (χ0v) is 14.4. The first-order valence-electron chi connectivity index (χ1n) is 7.16. The SMILES string of the molecule is CC(C)Oc1cccc(/C=N\n2c(-c3cccs3)n[nH]c2=S)c1. The first-order valence-corrected chi connectivity index (χ1v) is 8.44. The highest BCUT2D eigenvalue weighted by Crippen LogP contribution is 2.22. The number of hydrogen-bond acceptors (Lipinski definition) is 5. The zero-order chi connectivity index (χ0) is 16.2. The number of benzene rings is 1. The molecule has 0 aliphatic rings. The van der Waals surface area contributed by atoms with Gasteiger partial charge in [0.1, 0.15) is 5.75 Å². The molecule has 23 heavy (non-hydrogen) atoms. The fourth-order valence-electron chi connectivity index (χ4n) is 2.03. The van der Waals surface area contributed by atoms with E-state index in [0.717, 1.165) is 16.2 Å². The summed E-state index contributed by atoms with van der Waals surface area (Å²) >= 11 is 6.85. The number of nitrogens with zero attached hydrogens (tertiary/aromatic N) is 3. The van der Waals surface area contributed by atoms with E-state index in [1.54, 1.807) is 22.2 Å². The number of hydrogen-bond donors (Lipinski definition) is 1. The predicted octanol–water partition coefficient (Wildman–Crippen LogP) is 4.34. The third-order valence-electron chi connectivity index (χ3n) is 2.94. The van der Waals surface area contributed by atoms with Crippen LogP contribution >= 0.6 is 23.6 Å². The number of H-pyrrole nitrogens is 1. The van der Waals surface area contributed by atoms with E-state index in [0.29, 0.717) is 10.6 Å². The van der Waals surface area contributed by atoms with E-state index < -0.39 is 0 Å². The highest BCUT2D eigenvalue weighted by molar-refractivity contribution is 7.71. The maximum Gasteiger partial charge on any atom is 0.216 e. The lowest BCUT2D eigenvalue weighted by molar-refractivity contribution is 0.242. The second-order valence-electron chi connectivity index (χ2n) is 5.13. The lowest BCUT2D eigenvalue weighted by Gasteiger charge is -2.09. The largest absolute Gasteiger partial charge is 0.491 e. The monoisotopic (exact) mass is 344 g/mol. The average Bonchev–Trinajstić information content (AvgIpc) is 3.14. The number of nitrogens with one attached hydrogen (secondary N) is 1. The Hall–Kier alpha value is -2.25. The standard InChI is InChI=1S/C16H16N4OS2/c1-11(2)21-13-6-3-5-12(9-13)10-17-20-15(18-19-16(20)22)14-7-4-8-23-14/h3-11H,1-2H3,(H,19,22)/b17-10-. The topological polar surface area (TPSA) is 55.2 Å². The van der Waals surface area contributed by atoms with Crippen LogP contribution in [-0.2, 0) is 0 Å². The second-order valence-corrected chi connectivity index (χ2v) is 6.46. The summed E-state index contributed by atoms with van der Waals surface area (Å²) in [6.45, 7) is 4.00. The number of aromatic amines is 1. The molecule has 0 saturated heterocycles. The zero-order valence-electron chi connectivity index (χ0n) is 12.8. The van der Waals surface area contributed by atoms with Gasteiger partial charge in [-0.2, -0.15) is 14.9 Å². The molecule has 0 spiro atoms. The van der Waals surface area contributed by atoms with Crippen LogP contribution < -0.4 is 4.74 Å². The van der Waals surface area contributed by atoms with Gasteiger partial charge >= 0.3 is 0 Å². The molecule has 118 valence electrons. The Bertz CT molecular complexity index is 862. The molecule has 1 aromatic carbocycles. The maximum atomic E-state index is 5.69. The lowest BCUT2D eigenvalue weighted by atomic mass is 10.2. The van der Waals surface area contributed by atoms with Gasteiger partial charge in [-0.15, -0.1) is 11.3 Å². The van der Waals surface area contributed by atoms with Crippen molar-refractivity contribution < 1.29 is 4.74 Å². The van der Waals surface area contributed by atoms with Gasteiger partial charge in [-0.3, -0.25) is 0 Å². The van der Waals surface area contributed by atoms with Gasteiger partial charge in [0.05, 0.1) is 17.2 Å². The van der Waals surface area contributed by atoms with Crippen LogP contribution in [-0.4, -0.2) is 27.2 Å². The van der Waals surface area contributed by atoms with E-state index in [1.807, 2.05) is 55.6 Å². The molecule has 0 amide bonds. The molecule has 0 unspecified atom stereocenters. The van der Waals surface area contributed by atoms with Crippen molar-refractivity contribution in [3.63, 3.8) is 0 Å². The third kappa shape index (κ3) is 3.75. The van der Waals surface area contributed by atoms with E-state index in [2.05, 4.69) is 15.3 Å². The van der Waals surface area contributed by atoms with E-state index >= 15 is 0 Å². The Morgan fingerprint density at radius 2 is 2.22 bits per heavy atom. The van der Waals surface area contributed by atoms with E-state index in [9.17, 15) is 0 Å². The van der Waals surface area contributed by atoms with Crippen molar-refractivity contribution in [2.45, 2.75) is 20.0 Å². The van der Waals surface area contributed by atoms with E-state index in [-0.39, 0.29) is 6.10 Å². The molecule has 3 aromatic rings. The van der Waals surface area contributed by atoms with Crippen molar-refractivity contribution in [2.24, 2.45) is 5.10 Å². The summed E-state index contributed by atoms with van der Waals surface area (Å²) in [6, 6.07) is 11.7. The molecule has 0 fully saturated rings. The molecule has 2 aromatic heterocycles. The molecule has 0 atom stereocenters. The Labute approximate surface area is 143 Å². The van der Waals surface area contributed by atoms with Crippen LogP contribution in [0.1, 0.15) is 19.4 Å². The van der Waals surface area contributed by atoms with Gasteiger partial charge in [-0.05, 0) is 55.2 Å². The lowest BCUT2D eigenvalue weighted by Crippen LogP contribution is -2.05. The fourth-order valence-corrected chi connectivity index (χ4v) is 2.91. The van der Waals surface area contributed by atoms with Gasteiger partial charge in [-0.25, -0.2) is 5.10 Å². The molecular formula is C16H16N4OS2. The fraction of sp³-hybridized carbons (Fsp3) is 0.188. The van der Waals surface area contributed by atoms with Crippen molar-refractivity contribution in [1.82, 2.24) is 14.9 Å². The number of aromatic nitrogens is 3. The Morgan fingerprint density at radius 3 is 2.96 bits per heavy atom. The average molecular weight is 344 g/mol. The summed E-state index contributed by atoms with van der Waals surface area (Å²) in [5, 5.41) is 13.5. The van der Waals surface area contributed by atoms with Crippen molar-refractivity contribution in [3.05, 3.63) is 52.1 Å². The van der Waals surface area contributed by atoms with Gasteiger partial charge in [0.25, 0.3) is 0 Å². The quantitative estimate of drug-likeness (QED) is 0.553. The van der Waals surface area contributed by atoms with Crippen molar-refractivity contribution >= 4 is 29.8 Å². The molecule has 0 bridgehead atoms. The van der Waals surface area contributed by atoms with Crippen LogP contribution in [0.3, 0.4) is 0 Å². The Morgan fingerprint density at radius 1 is 1.35 bits per heavy atom. The maximum absolute atomic E-state index is 5.69. The van der Waals surface area contributed by atoms with Crippen molar-refractivity contribution in [2.75, 3.05) is 0 Å². The molecular weight excluding hydrogens is 328 g/mol. The van der Waals surface area contributed by atoms with Crippen LogP contribution in [0.2, 0.25) is 0 Å². The van der Waals surface area contributed by atoms with Crippen molar-refractivity contribution in [3.8, 4) is 16.5 Å². The minimum absolute atomic E-state index is 0.134. The normalized spacial score (nSPS) is 11.4.